The van der Waals surface area contributed by atoms with Crippen LogP contribution in [0.15, 0.2) is 158 Å². The maximum absolute atomic E-state index is 13.0. The number of esters is 1. The van der Waals surface area contributed by atoms with Gasteiger partial charge in [-0.1, -0.05) is 143 Å². The zero-order valence-electron chi connectivity index (χ0n) is 36.6. The van der Waals surface area contributed by atoms with Crippen LogP contribution in [0.3, 0.4) is 0 Å². The molecule has 0 atom stereocenters. The van der Waals surface area contributed by atoms with Gasteiger partial charge >= 0.3 is 41.5 Å². The molecule has 6 aromatic carbocycles. The number of carboxylic acids is 1. The van der Waals surface area contributed by atoms with E-state index >= 15 is 0 Å². The molecule has 0 amide bonds. The van der Waals surface area contributed by atoms with E-state index in [9.17, 15) is 14.7 Å². The zero-order valence-corrected chi connectivity index (χ0v) is 41.6. The van der Waals surface area contributed by atoms with E-state index in [0.29, 0.717) is 55.6 Å². The third-order valence-corrected chi connectivity index (χ3v) is 12.0. The van der Waals surface area contributed by atoms with E-state index in [0.717, 1.165) is 61.2 Å². The van der Waals surface area contributed by atoms with Crippen molar-refractivity contribution >= 4 is 80.1 Å². The number of imidazole rings is 2. The summed E-state index contributed by atoms with van der Waals surface area (Å²) >= 11 is 24.6. The van der Waals surface area contributed by atoms with E-state index in [1.165, 1.54) is 0 Å². The smallest absolute Gasteiger partial charge is 0.870 e. The maximum Gasteiger partial charge on any atom is 1.00 e. The van der Waals surface area contributed by atoms with Crippen molar-refractivity contribution < 1.29 is 54.5 Å². The summed E-state index contributed by atoms with van der Waals surface area (Å²) in [6.45, 7) is 3.11. The van der Waals surface area contributed by atoms with Crippen molar-refractivity contribution in [3.05, 3.63) is 201 Å². The van der Waals surface area contributed by atoms with E-state index in [-0.39, 0.29) is 47.3 Å². The van der Waals surface area contributed by atoms with E-state index in [4.69, 9.17) is 56.1 Å². The van der Waals surface area contributed by atoms with E-state index in [2.05, 4.69) is 15.0 Å². The number of halogens is 4. The number of aromatic amines is 2. The summed E-state index contributed by atoms with van der Waals surface area (Å²) in [5.41, 5.74) is 10.1. The summed E-state index contributed by atoms with van der Waals surface area (Å²) in [7, 11) is 0. The van der Waals surface area contributed by atoms with Gasteiger partial charge in [-0.2, -0.15) is 0 Å². The Hall–Kier alpha value is -6.12. The van der Waals surface area contributed by atoms with Gasteiger partial charge < -0.3 is 34.4 Å². The summed E-state index contributed by atoms with van der Waals surface area (Å²) in [6.07, 6.45) is 3.54. The molecule has 0 saturated carbocycles. The Kier molecular flexibility index (Phi) is 16.0. The average molecular weight is 993 g/mol. The normalized spacial score (nSPS) is 10.8. The van der Waals surface area contributed by atoms with Crippen molar-refractivity contribution in [2.24, 2.45) is 0 Å². The molecule has 10 rings (SSSR count). The molecule has 4 aromatic heterocycles. The van der Waals surface area contributed by atoms with Gasteiger partial charge in [0, 0.05) is 77.2 Å². The van der Waals surface area contributed by atoms with Gasteiger partial charge in [0.15, 0.2) is 0 Å². The topological polar surface area (TPSA) is 161 Å². The molecule has 0 aliphatic carbocycles. The molecule has 0 bridgehead atoms. The summed E-state index contributed by atoms with van der Waals surface area (Å²) in [5.74, 6) is -1.48. The molecule has 0 unspecified atom stereocenters. The van der Waals surface area contributed by atoms with Gasteiger partial charge in [-0.25, -0.2) is 19.6 Å². The number of rotatable bonds is 11. The second kappa shape index (κ2) is 21.9. The van der Waals surface area contributed by atoms with Crippen molar-refractivity contribution in [1.82, 2.24) is 29.1 Å². The van der Waals surface area contributed by atoms with Gasteiger partial charge in [0.05, 0.1) is 42.0 Å². The van der Waals surface area contributed by atoms with Gasteiger partial charge in [0.1, 0.15) is 11.4 Å². The number of hydrogen-bond acceptors (Lipinski definition) is 6. The minimum Gasteiger partial charge on any atom is -0.870 e. The molecule has 4 N–H and O–H groups in total. The van der Waals surface area contributed by atoms with Crippen LogP contribution in [0.5, 0.6) is 0 Å². The first-order chi connectivity index (χ1) is 32.1. The molecule has 4 heterocycles. The van der Waals surface area contributed by atoms with Crippen LogP contribution in [-0.2, 0) is 17.8 Å². The quantitative estimate of drug-likeness (QED) is 0.0859. The van der Waals surface area contributed by atoms with Crippen LogP contribution in [0.4, 0.5) is 0 Å². The average Bonchev–Trinajstić information content (AvgIpc) is 4.11. The van der Waals surface area contributed by atoms with E-state index < -0.39 is 11.9 Å². The zero-order chi connectivity index (χ0) is 45.9. The Morgan fingerprint density at radius 3 is 1.38 bits per heavy atom. The van der Waals surface area contributed by atoms with Crippen molar-refractivity contribution in [2.75, 3.05) is 6.61 Å². The third kappa shape index (κ3) is 10.5. The van der Waals surface area contributed by atoms with Crippen LogP contribution in [0.1, 0.15) is 39.0 Å². The molecule has 68 heavy (non-hydrogen) atoms. The summed E-state index contributed by atoms with van der Waals surface area (Å²) in [4.78, 5) is 41.0. The monoisotopic (exact) mass is 990 g/mol. The number of aromatic carboxylic acids is 1. The number of benzene rings is 6. The number of hydrogen-bond donors (Lipinski definition) is 3. The minimum atomic E-state index is -1.05. The van der Waals surface area contributed by atoms with E-state index in [1.54, 1.807) is 31.7 Å². The maximum atomic E-state index is 13.0. The molecule has 0 aliphatic rings. The van der Waals surface area contributed by atoms with Crippen LogP contribution in [0, 0.1) is 0 Å². The van der Waals surface area contributed by atoms with Gasteiger partial charge in [-0.05, 0) is 66.6 Å². The second-order valence-electron chi connectivity index (χ2n) is 15.3. The Balaban J connectivity index is 0.000000196. The predicted molar refractivity (Wildman–Crippen MR) is 266 cm³/mol. The van der Waals surface area contributed by atoms with Crippen LogP contribution < -0.4 is 29.6 Å². The Bertz CT molecular complexity index is 3370. The largest absolute Gasteiger partial charge is 1.00 e. The van der Waals surface area contributed by atoms with Crippen LogP contribution in [0.2, 0.25) is 20.1 Å². The molecule has 336 valence electrons. The fourth-order valence-corrected chi connectivity index (χ4v) is 8.66. The summed E-state index contributed by atoms with van der Waals surface area (Å²) in [6, 6.07) is 45.8. The second-order valence-corrected chi connectivity index (χ2v) is 17.0. The predicted octanol–water partition coefficient (Wildman–Crippen LogP) is 10.8. The number of fused-ring (bicyclic) bond motifs is 2. The van der Waals surface area contributed by atoms with Crippen molar-refractivity contribution in [2.45, 2.75) is 20.0 Å². The molecule has 0 saturated heterocycles. The van der Waals surface area contributed by atoms with Crippen LogP contribution >= 0.6 is 46.4 Å². The van der Waals surface area contributed by atoms with Gasteiger partial charge in [0.25, 0.3) is 0 Å². The van der Waals surface area contributed by atoms with Crippen LogP contribution in [-0.4, -0.2) is 58.2 Å². The van der Waals surface area contributed by atoms with Crippen molar-refractivity contribution in [3.8, 4) is 45.0 Å². The Morgan fingerprint density at radius 1 is 0.574 bits per heavy atom. The Labute approximate surface area is 432 Å². The first kappa shape index (κ1) is 49.8. The molecule has 11 nitrogen and oxygen atoms in total. The first-order valence-electron chi connectivity index (χ1n) is 20.8. The number of nitrogens with zero attached hydrogens (tertiary/aromatic N) is 4. The van der Waals surface area contributed by atoms with Gasteiger partial charge in [-0.15, -0.1) is 0 Å². The number of ether oxygens (including phenoxy) is 1. The number of carboxylic acid groups (broad SMARTS) is 1. The first-order valence-corrected chi connectivity index (χ1v) is 22.3. The van der Waals surface area contributed by atoms with E-state index in [1.807, 2.05) is 143 Å². The minimum absolute atomic E-state index is 0. The van der Waals surface area contributed by atoms with Gasteiger partial charge in [0.2, 0.25) is 0 Å². The fraction of sp³-hybridized carbons (Fsp3) is 0.0769. The number of H-pyrrole nitrogens is 2. The molecule has 0 fully saturated rings. The fourth-order valence-electron chi connectivity index (χ4n) is 8.06. The number of carbonyl (C=O) groups excluding carboxylic acids is 1. The van der Waals surface area contributed by atoms with Gasteiger partial charge in [-0.3, -0.25) is 0 Å². The summed E-state index contributed by atoms with van der Waals surface area (Å²) in [5, 5.41) is 14.1. The molecule has 10 aromatic rings. The molecular weight excluding hydrogens is 953 g/mol. The number of carbonyl (C=O) groups is 2. The summed E-state index contributed by atoms with van der Waals surface area (Å²) < 4.78 is 9.41. The standard InChI is InChI=1S/C27H21Cl2N3O2.C25H17Cl2N3O2.Na.H2O/c1-2-34-27(33)25-23(21-13-12-20(29)14-22(21)31-25)26-24(18-6-4-3-5-7-18)30-16-32(26)15-17-8-10-19(28)11-9-17;26-17-8-6-15(7-9-17)13-30-14-28-22(16-4-2-1-3-5-16)24(30)21-19-11-10-18(27)12-20(19)29-23(21)25(31)32;;/h3-14,16,31H,2,15H2,1H3;1-12,14,29H,13H2,(H,31,32);;1H2/q;;+1;/p-1. The Morgan fingerprint density at radius 2 is 0.971 bits per heavy atom. The van der Waals surface area contributed by atoms with Crippen molar-refractivity contribution in [3.63, 3.8) is 0 Å². The van der Waals surface area contributed by atoms with Crippen molar-refractivity contribution in [1.29, 1.82) is 0 Å². The number of nitrogens with one attached hydrogen (secondary N) is 2. The SMILES string of the molecule is CCOC(=O)c1[nH]c2cc(Cl)ccc2c1-c1c(-c2ccccc2)ncn1Cc1ccc(Cl)cc1.O=C(O)c1[nH]c2cc(Cl)ccc2c1-c1c(-c2ccccc2)ncn1Cc1ccc(Cl)cc1.[Na+].[OH-]. The number of aromatic nitrogens is 6. The third-order valence-electron chi connectivity index (χ3n) is 11.0. The molecule has 0 aliphatic heterocycles. The molecular formula is C52H39Cl4N6NaO5. The van der Waals surface area contributed by atoms with Crippen LogP contribution in [0.25, 0.3) is 66.8 Å². The molecule has 0 radical (unpaired) electrons. The molecule has 16 heteroatoms. The molecule has 0 spiro atoms.